The van der Waals surface area contributed by atoms with Crippen molar-refractivity contribution < 1.29 is 0 Å². The number of fused-ring (bicyclic) bond motifs is 1. The van der Waals surface area contributed by atoms with Gasteiger partial charge >= 0.3 is 0 Å². The predicted octanol–water partition coefficient (Wildman–Crippen LogP) is 4.89. The average Bonchev–Trinajstić information content (AvgIpc) is 3.07. The first kappa shape index (κ1) is 18.8. The topological polar surface area (TPSA) is 30.3 Å². The molecular weight excluding hydrogens is 342 g/mol. The minimum atomic E-state index is 0. The number of hydrogen-bond acceptors (Lipinski definition) is 1. The number of halogens is 1. The van der Waals surface area contributed by atoms with Gasteiger partial charge < -0.3 is 9.80 Å². The molecule has 0 aromatic heterocycles. The van der Waals surface area contributed by atoms with Crippen molar-refractivity contribution in [2.75, 3.05) is 7.05 Å². The molecule has 2 saturated heterocycles. The molecule has 0 spiro atoms. The van der Waals surface area contributed by atoms with Gasteiger partial charge in [0, 0.05) is 19.1 Å². The fourth-order valence-corrected chi connectivity index (χ4v) is 4.58. The van der Waals surface area contributed by atoms with Crippen LogP contribution in [0.5, 0.6) is 0 Å². The molecule has 3 atom stereocenters. The predicted molar refractivity (Wildman–Crippen MR) is 110 cm³/mol. The lowest BCUT2D eigenvalue weighted by atomic mass is 9.95. The first-order valence-electron chi connectivity index (χ1n) is 9.42. The summed E-state index contributed by atoms with van der Waals surface area (Å²) in [5.74, 6) is 0.709. The van der Waals surface area contributed by atoms with E-state index in [1.165, 1.54) is 24.0 Å². The highest BCUT2D eigenvalue weighted by Gasteiger charge is 2.42. The van der Waals surface area contributed by atoms with Crippen molar-refractivity contribution in [2.24, 2.45) is 0 Å². The van der Waals surface area contributed by atoms with Crippen molar-refractivity contribution >= 4 is 18.4 Å². The van der Waals surface area contributed by atoms with E-state index in [1.807, 2.05) is 0 Å². The Labute approximate surface area is 162 Å². The van der Waals surface area contributed by atoms with Crippen LogP contribution >= 0.6 is 12.4 Å². The van der Waals surface area contributed by atoms with Gasteiger partial charge in [-0.25, -0.2) is 0 Å². The summed E-state index contributed by atoms with van der Waals surface area (Å²) in [5.41, 5.74) is 2.74. The number of nitrogens with zero attached hydrogens (tertiary/aromatic N) is 2. The molecule has 2 heterocycles. The zero-order valence-electron chi connectivity index (χ0n) is 15.3. The summed E-state index contributed by atoms with van der Waals surface area (Å²) in [4.78, 5) is 4.58. The largest absolute Gasteiger partial charge is 0.339 e. The van der Waals surface area contributed by atoms with E-state index in [9.17, 15) is 0 Å². The van der Waals surface area contributed by atoms with Gasteiger partial charge in [-0.15, -0.1) is 12.4 Å². The Bertz CT molecular complexity index is 713. The highest BCUT2D eigenvalue weighted by Crippen LogP contribution is 2.40. The van der Waals surface area contributed by atoms with E-state index in [0.717, 1.165) is 19.3 Å². The fourth-order valence-electron chi connectivity index (χ4n) is 4.58. The zero-order valence-corrected chi connectivity index (χ0v) is 16.2. The molecular formula is C22H28ClN3. The van der Waals surface area contributed by atoms with E-state index in [0.29, 0.717) is 24.1 Å². The van der Waals surface area contributed by atoms with Crippen LogP contribution in [-0.2, 0) is 6.42 Å². The van der Waals surface area contributed by atoms with Gasteiger partial charge in [-0.05, 0) is 43.2 Å². The number of hydrogen-bond donors (Lipinski definition) is 1. The molecule has 26 heavy (non-hydrogen) atoms. The van der Waals surface area contributed by atoms with Crippen LogP contribution in [0, 0.1) is 5.41 Å². The summed E-state index contributed by atoms with van der Waals surface area (Å²) >= 11 is 0. The Morgan fingerprint density at radius 2 is 1.62 bits per heavy atom. The molecule has 2 aromatic carbocycles. The number of benzene rings is 2. The van der Waals surface area contributed by atoms with E-state index >= 15 is 0 Å². The third-order valence-electron chi connectivity index (χ3n) is 5.95. The van der Waals surface area contributed by atoms with E-state index < -0.39 is 0 Å². The first-order chi connectivity index (χ1) is 12.2. The Morgan fingerprint density at radius 1 is 0.962 bits per heavy atom. The molecule has 0 radical (unpaired) electrons. The molecule has 0 saturated carbocycles. The second-order valence-electron chi connectivity index (χ2n) is 7.41. The van der Waals surface area contributed by atoms with Gasteiger partial charge in [-0.1, -0.05) is 60.7 Å². The van der Waals surface area contributed by atoms with Gasteiger partial charge in [-0.3, -0.25) is 5.41 Å². The maximum absolute atomic E-state index is 8.77. The molecule has 2 aliphatic rings. The smallest absolute Gasteiger partial charge is 0.194 e. The monoisotopic (exact) mass is 369 g/mol. The molecule has 0 aliphatic carbocycles. The maximum Gasteiger partial charge on any atom is 0.194 e. The van der Waals surface area contributed by atoms with Crippen LogP contribution in [0.4, 0.5) is 0 Å². The number of aryl methyl sites for hydroxylation is 1. The average molecular weight is 370 g/mol. The van der Waals surface area contributed by atoms with Crippen LogP contribution in [0.1, 0.15) is 42.9 Å². The van der Waals surface area contributed by atoms with Crippen molar-refractivity contribution in [3.63, 3.8) is 0 Å². The SMILES string of the molecule is CN1C(=N)N2[C@@H](CCc3ccccc3)CC[C@@H]2C[C@@H]1c1ccccc1.Cl. The lowest BCUT2D eigenvalue weighted by Gasteiger charge is -2.46. The molecule has 138 valence electrons. The molecule has 0 bridgehead atoms. The summed E-state index contributed by atoms with van der Waals surface area (Å²) < 4.78 is 0. The Kier molecular flexibility index (Phi) is 5.87. The molecule has 4 rings (SSSR count). The number of guanidine groups is 1. The van der Waals surface area contributed by atoms with Crippen LogP contribution in [0.25, 0.3) is 0 Å². The first-order valence-corrected chi connectivity index (χ1v) is 9.42. The van der Waals surface area contributed by atoms with Crippen LogP contribution < -0.4 is 0 Å². The van der Waals surface area contributed by atoms with Crippen LogP contribution in [0.15, 0.2) is 60.7 Å². The van der Waals surface area contributed by atoms with Gasteiger partial charge in [0.2, 0.25) is 0 Å². The van der Waals surface area contributed by atoms with E-state index in [1.54, 1.807) is 0 Å². The van der Waals surface area contributed by atoms with Gasteiger partial charge in [0.15, 0.2) is 5.96 Å². The summed E-state index contributed by atoms with van der Waals surface area (Å²) in [6.45, 7) is 0. The van der Waals surface area contributed by atoms with Gasteiger partial charge in [0.25, 0.3) is 0 Å². The maximum atomic E-state index is 8.77. The molecule has 4 heteroatoms. The van der Waals surface area contributed by atoms with Gasteiger partial charge in [-0.2, -0.15) is 0 Å². The van der Waals surface area contributed by atoms with Gasteiger partial charge in [0.1, 0.15) is 0 Å². The summed E-state index contributed by atoms with van der Waals surface area (Å²) in [6, 6.07) is 22.8. The van der Waals surface area contributed by atoms with Crippen LogP contribution in [0.3, 0.4) is 0 Å². The van der Waals surface area contributed by atoms with Crippen molar-refractivity contribution in [1.29, 1.82) is 5.41 Å². The standard InChI is InChI=1S/C22H27N3.ClH/c1-24-21(18-10-6-3-7-11-18)16-20-15-14-19(25(20)22(24)23)13-12-17-8-4-2-5-9-17;/h2-11,19-21,23H,12-16H2,1H3;1H/t19-,20+,21+;/m0./s1. The molecule has 0 amide bonds. The van der Waals surface area contributed by atoms with E-state index in [2.05, 4.69) is 77.5 Å². The minimum absolute atomic E-state index is 0. The molecule has 2 aromatic rings. The quantitative estimate of drug-likeness (QED) is 0.831. The Morgan fingerprint density at radius 3 is 2.31 bits per heavy atom. The second-order valence-corrected chi connectivity index (χ2v) is 7.41. The molecule has 2 fully saturated rings. The zero-order chi connectivity index (χ0) is 17.2. The summed E-state index contributed by atoms with van der Waals surface area (Å²) in [6.07, 6.45) is 5.82. The van der Waals surface area contributed by atoms with E-state index in [4.69, 9.17) is 5.41 Å². The van der Waals surface area contributed by atoms with Gasteiger partial charge in [0.05, 0.1) is 6.04 Å². The highest BCUT2D eigenvalue weighted by atomic mass is 35.5. The Hall–Kier alpha value is -2.00. The van der Waals surface area contributed by atoms with Crippen molar-refractivity contribution in [1.82, 2.24) is 9.80 Å². The highest BCUT2D eigenvalue weighted by molar-refractivity contribution is 5.85. The molecule has 0 unspecified atom stereocenters. The van der Waals surface area contributed by atoms with Crippen molar-refractivity contribution in [3.8, 4) is 0 Å². The molecule has 2 aliphatic heterocycles. The molecule has 1 N–H and O–H groups in total. The normalized spacial score (nSPS) is 25.0. The third kappa shape index (κ3) is 3.59. The third-order valence-corrected chi connectivity index (χ3v) is 5.95. The molecule has 3 nitrogen and oxygen atoms in total. The lowest BCUT2D eigenvalue weighted by Crippen LogP contribution is -2.54. The summed E-state index contributed by atoms with van der Waals surface area (Å²) in [7, 11) is 2.09. The van der Waals surface area contributed by atoms with Crippen molar-refractivity contribution in [3.05, 3.63) is 71.8 Å². The lowest BCUT2D eigenvalue weighted by molar-refractivity contribution is 0.156. The minimum Gasteiger partial charge on any atom is -0.339 e. The number of nitrogens with one attached hydrogen (secondary N) is 1. The fraction of sp³-hybridized carbons (Fsp3) is 0.409. The second kappa shape index (κ2) is 8.13. The van der Waals surface area contributed by atoms with Crippen LogP contribution in [-0.4, -0.2) is 34.9 Å². The number of rotatable bonds is 4. The van der Waals surface area contributed by atoms with E-state index in [-0.39, 0.29) is 12.4 Å². The van der Waals surface area contributed by atoms with Crippen molar-refractivity contribution in [2.45, 2.75) is 50.2 Å². The van der Waals surface area contributed by atoms with Crippen LogP contribution in [0.2, 0.25) is 0 Å². The Balaban J connectivity index is 0.00000196. The summed E-state index contributed by atoms with van der Waals surface area (Å²) in [5, 5.41) is 8.77.